The molecule has 2 aromatic carbocycles. The molecule has 24 heavy (non-hydrogen) atoms. The Balaban J connectivity index is 1.71. The molecule has 1 amide bonds. The number of hydrogen-bond donors (Lipinski definition) is 1. The molecule has 0 aliphatic carbocycles. The second kappa shape index (κ2) is 7.55. The minimum Gasteiger partial charge on any atom is -0.423 e. The van der Waals surface area contributed by atoms with Crippen molar-refractivity contribution in [3.63, 3.8) is 0 Å². The Morgan fingerprint density at radius 3 is 2.33 bits per heavy atom. The second-order valence-electron chi connectivity index (χ2n) is 5.56. The highest BCUT2D eigenvalue weighted by atomic mass is 16.4. The molecular formula is C19H19N3O2. The van der Waals surface area contributed by atoms with Crippen LogP contribution in [-0.2, 0) is 11.2 Å². The average molecular weight is 321 g/mol. The van der Waals surface area contributed by atoms with Gasteiger partial charge in [-0.2, -0.15) is 0 Å². The molecule has 1 heterocycles. The largest absolute Gasteiger partial charge is 0.423 e. The van der Waals surface area contributed by atoms with Crippen molar-refractivity contribution in [1.29, 1.82) is 0 Å². The van der Waals surface area contributed by atoms with Crippen LogP contribution in [0.1, 0.15) is 35.4 Å². The number of hydrogen-bond acceptors (Lipinski definition) is 4. The molecule has 0 bridgehead atoms. The number of carbonyl (C=O) groups excluding carboxylic acids is 1. The van der Waals surface area contributed by atoms with Crippen LogP contribution in [0.5, 0.6) is 0 Å². The van der Waals surface area contributed by atoms with E-state index in [1.54, 1.807) is 6.92 Å². The van der Waals surface area contributed by atoms with Crippen LogP contribution in [0.3, 0.4) is 0 Å². The molecule has 1 aromatic heterocycles. The van der Waals surface area contributed by atoms with Crippen LogP contribution in [0.2, 0.25) is 0 Å². The Hall–Kier alpha value is -2.95. The Morgan fingerprint density at radius 1 is 1.04 bits per heavy atom. The summed E-state index contributed by atoms with van der Waals surface area (Å²) in [6, 6.07) is 19.1. The van der Waals surface area contributed by atoms with Crippen molar-refractivity contribution in [2.24, 2.45) is 0 Å². The molecule has 1 unspecified atom stereocenters. The van der Waals surface area contributed by atoms with Gasteiger partial charge in [0.15, 0.2) is 0 Å². The third-order valence-electron chi connectivity index (χ3n) is 3.71. The molecule has 0 aliphatic rings. The van der Waals surface area contributed by atoms with Gasteiger partial charge in [-0.05, 0) is 17.5 Å². The molecule has 0 radical (unpaired) electrons. The van der Waals surface area contributed by atoms with Crippen LogP contribution in [-0.4, -0.2) is 16.1 Å². The first-order valence-electron chi connectivity index (χ1n) is 7.90. The summed E-state index contributed by atoms with van der Waals surface area (Å²) in [5, 5.41) is 10.9. The summed E-state index contributed by atoms with van der Waals surface area (Å²) in [5.41, 5.74) is 2.05. The van der Waals surface area contributed by atoms with E-state index in [0.717, 1.165) is 11.1 Å². The maximum absolute atomic E-state index is 12.4. The van der Waals surface area contributed by atoms with Crippen molar-refractivity contribution in [3.05, 3.63) is 83.6 Å². The highest BCUT2D eigenvalue weighted by Gasteiger charge is 2.22. The second-order valence-corrected chi connectivity index (χ2v) is 5.56. The third kappa shape index (κ3) is 4.07. The number of nitrogens with one attached hydrogen (secondary N) is 1. The molecule has 5 nitrogen and oxygen atoms in total. The van der Waals surface area contributed by atoms with E-state index >= 15 is 0 Å². The first kappa shape index (κ1) is 15.9. The number of nitrogens with zero attached hydrogens (tertiary/aromatic N) is 2. The number of aryl methyl sites for hydroxylation is 2. The van der Waals surface area contributed by atoms with E-state index in [2.05, 4.69) is 15.5 Å². The molecule has 1 N–H and O–H groups in total. The number of carbonyl (C=O) groups is 1. The molecule has 0 fully saturated rings. The molecule has 3 rings (SSSR count). The van der Waals surface area contributed by atoms with Gasteiger partial charge in [-0.3, -0.25) is 4.79 Å². The SMILES string of the molecule is Cc1nnc(C(NC(=O)CCc2ccccc2)c2ccccc2)o1. The van der Waals surface area contributed by atoms with Gasteiger partial charge in [0.25, 0.3) is 0 Å². The number of amides is 1. The van der Waals surface area contributed by atoms with Gasteiger partial charge in [-0.1, -0.05) is 60.7 Å². The minimum absolute atomic E-state index is 0.0523. The molecule has 5 heteroatoms. The fraction of sp³-hybridized carbons (Fsp3) is 0.211. The third-order valence-corrected chi connectivity index (χ3v) is 3.71. The first-order chi connectivity index (χ1) is 11.7. The highest BCUT2D eigenvalue weighted by molar-refractivity contribution is 5.77. The number of benzene rings is 2. The van der Waals surface area contributed by atoms with Crippen molar-refractivity contribution in [2.45, 2.75) is 25.8 Å². The predicted octanol–water partition coefficient (Wildman–Crippen LogP) is 3.22. The normalized spacial score (nSPS) is 11.9. The summed E-state index contributed by atoms with van der Waals surface area (Å²) in [5.74, 6) is 0.819. The Bertz CT molecular complexity index is 785. The van der Waals surface area contributed by atoms with Crippen molar-refractivity contribution in [3.8, 4) is 0 Å². The molecule has 0 saturated heterocycles. The quantitative estimate of drug-likeness (QED) is 0.757. The van der Waals surface area contributed by atoms with Gasteiger partial charge in [-0.15, -0.1) is 10.2 Å². The van der Waals surface area contributed by atoms with Crippen LogP contribution in [0.25, 0.3) is 0 Å². The van der Waals surface area contributed by atoms with E-state index in [9.17, 15) is 4.79 Å². The zero-order chi connectivity index (χ0) is 16.8. The maximum atomic E-state index is 12.4. The van der Waals surface area contributed by atoms with Crippen molar-refractivity contribution >= 4 is 5.91 Å². The molecule has 1 atom stereocenters. The Labute approximate surface area is 140 Å². The van der Waals surface area contributed by atoms with E-state index in [1.165, 1.54) is 0 Å². The van der Waals surface area contributed by atoms with Gasteiger partial charge in [0.1, 0.15) is 6.04 Å². The van der Waals surface area contributed by atoms with Gasteiger partial charge < -0.3 is 9.73 Å². The van der Waals surface area contributed by atoms with Crippen molar-refractivity contribution in [1.82, 2.24) is 15.5 Å². The molecule has 0 spiro atoms. The lowest BCUT2D eigenvalue weighted by Gasteiger charge is -2.15. The van der Waals surface area contributed by atoms with E-state index < -0.39 is 6.04 Å². The van der Waals surface area contributed by atoms with Gasteiger partial charge in [-0.25, -0.2) is 0 Å². The van der Waals surface area contributed by atoms with Crippen LogP contribution < -0.4 is 5.32 Å². The molecule has 0 aliphatic heterocycles. The van der Waals surface area contributed by atoms with Gasteiger partial charge >= 0.3 is 0 Å². The minimum atomic E-state index is -0.435. The summed E-state index contributed by atoms with van der Waals surface area (Å²) >= 11 is 0. The number of aromatic nitrogens is 2. The lowest BCUT2D eigenvalue weighted by molar-refractivity contribution is -0.121. The lowest BCUT2D eigenvalue weighted by Crippen LogP contribution is -2.29. The van der Waals surface area contributed by atoms with E-state index in [-0.39, 0.29) is 5.91 Å². The standard InChI is InChI=1S/C19H19N3O2/c1-14-21-22-19(24-14)18(16-10-6-3-7-11-16)20-17(23)13-12-15-8-4-2-5-9-15/h2-11,18H,12-13H2,1H3,(H,20,23). The van der Waals surface area contributed by atoms with Gasteiger partial charge in [0.2, 0.25) is 17.7 Å². The molecule has 3 aromatic rings. The molecule has 0 saturated carbocycles. The fourth-order valence-corrected chi connectivity index (χ4v) is 2.50. The maximum Gasteiger partial charge on any atom is 0.243 e. The zero-order valence-corrected chi connectivity index (χ0v) is 13.5. The first-order valence-corrected chi connectivity index (χ1v) is 7.90. The van der Waals surface area contributed by atoms with Crippen LogP contribution in [0, 0.1) is 6.92 Å². The Kier molecular flexibility index (Phi) is 5.01. The summed E-state index contributed by atoms with van der Waals surface area (Å²) in [6.07, 6.45) is 1.09. The monoisotopic (exact) mass is 321 g/mol. The van der Waals surface area contributed by atoms with E-state index in [0.29, 0.717) is 24.6 Å². The summed E-state index contributed by atoms with van der Waals surface area (Å²) in [6.45, 7) is 1.73. The Morgan fingerprint density at radius 2 is 1.71 bits per heavy atom. The smallest absolute Gasteiger partial charge is 0.243 e. The van der Waals surface area contributed by atoms with E-state index in [1.807, 2.05) is 60.7 Å². The fourth-order valence-electron chi connectivity index (χ4n) is 2.50. The predicted molar refractivity (Wildman–Crippen MR) is 90.2 cm³/mol. The summed E-state index contributed by atoms with van der Waals surface area (Å²) < 4.78 is 5.53. The van der Waals surface area contributed by atoms with Crippen LogP contribution >= 0.6 is 0 Å². The van der Waals surface area contributed by atoms with Crippen molar-refractivity contribution in [2.75, 3.05) is 0 Å². The van der Waals surface area contributed by atoms with Gasteiger partial charge in [0.05, 0.1) is 0 Å². The summed E-state index contributed by atoms with van der Waals surface area (Å²) in [7, 11) is 0. The lowest BCUT2D eigenvalue weighted by atomic mass is 10.1. The molecule has 122 valence electrons. The van der Waals surface area contributed by atoms with Crippen LogP contribution in [0.4, 0.5) is 0 Å². The van der Waals surface area contributed by atoms with Crippen molar-refractivity contribution < 1.29 is 9.21 Å². The van der Waals surface area contributed by atoms with E-state index in [4.69, 9.17) is 4.42 Å². The molecular weight excluding hydrogens is 302 g/mol. The topological polar surface area (TPSA) is 68.0 Å². The van der Waals surface area contributed by atoms with Gasteiger partial charge in [0, 0.05) is 13.3 Å². The average Bonchev–Trinajstić information content (AvgIpc) is 3.05. The highest BCUT2D eigenvalue weighted by Crippen LogP contribution is 2.21. The zero-order valence-electron chi connectivity index (χ0n) is 13.5. The summed E-state index contributed by atoms with van der Waals surface area (Å²) in [4.78, 5) is 12.4. The van der Waals surface area contributed by atoms with Crippen LogP contribution in [0.15, 0.2) is 65.1 Å². The number of rotatable bonds is 6.